The fraction of sp³-hybridized carbons (Fsp3) is 0.636. The number of amides is 2. The summed E-state index contributed by atoms with van der Waals surface area (Å²) < 4.78 is 1.11. The van der Waals surface area contributed by atoms with Crippen LogP contribution in [0.15, 0.2) is 30.4 Å². The van der Waals surface area contributed by atoms with Gasteiger partial charge in [-0.15, -0.1) is 11.3 Å². The smallest absolute Gasteiger partial charge is 0.224 e. The number of nitrogens with one attached hydrogen (secondary N) is 2. The molecule has 1 aromatic heterocycles. The molecule has 4 rings (SSSR count). The van der Waals surface area contributed by atoms with Gasteiger partial charge in [0, 0.05) is 44.5 Å². The number of ketones is 1. The predicted octanol–water partition coefficient (Wildman–Crippen LogP) is 5.78. The van der Waals surface area contributed by atoms with Gasteiger partial charge in [-0.3, -0.25) is 19.3 Å². The molecule has 224 valence electrons. The fourth-order valence-corrected chi connectivity index (χ4v) is 7.35. The van der Waals surface area contributed by atoms with Gasteiger partial charge in [-0.2, -0.15) is 0 Å². The molecule has 1 saturated heterocycles. The van der Waals surface area contributed by atoms with Crippen LogP contribution in [-0.4, -0.2) is 60.2 Å². The molecule has 2 fully saturated rings. The molecule has 1 aromatic carbocycles. The summed E-state index contributed by atoms with van der Waals surface area (Å²) in [6.07, 6.45) is 9.54. The normalized spacial score (nSPS) is 18.0. The Balaban J connectivity index is 1.45. The molecule has 0 bridgehead atoms. The number of fused-ring (bicyclic) bond motifs is 1. The van der Waals surface area contributed by atoms with Crippen molar-refractivity contribution in [3.8, 4) is 0 Å². The van der Waals surface area contributed by atoms with E-state index in [1.807, 2.05) is 6.07 Å². The number of hydrogen-bond donors (Lipinski definition) is 2. The van der Waals surface area contributed by atoms with Crippen LogP contribution in [0.4, 0.5) is 0 Å². The van der Waals surface area contributed by atoms with Crippen molar-refractivity contribution in [1.29, 1.82) is 0 Å². The van der Waals surface area contributed by atoms with Gasteiger partial charge < -0.3 is 10.6 Å². The van der Waals surface area contributed by atoms with Crippen LogP contribution in [0.3, 0.4) is 0 Å². The first-order valence-corrected chi connectivity index (χ1v) is 16.4. The third-order valence-electron chi connectivity index (χ3n) is 8.86. The lowest BCUT2D eigenvalue weighted by molar-refractivity contribution is -0.131. The number of thiazole rings is 1. The fourth-order valence-electron chi connectivity index (χ4n) is 6.25. The zero-order valence-electron chi connectivity index (χ0n) is 25.2. The zero-order valence-corrected chi connectivity index (χ0v) is 26.0. The molecule has 2 atom stereocenters. The Morgan fingerprint density at radius 2 is 1.83 bits per heavy atom. The van der Waals surface area contributed by atoms with Gasteiger partial charge >= 0.3 is 0 Å². The number of Topliss-reactive ketones (excluding diaryl/α,β-unsaturated/α-hetero) is 1. The lowest BCUT2D eigenvalue weighted by Gasteiger charge is -2.32. The first-order valence-electron chi connectivity index (χ1n) is 15.6. The third-order valence-corrected chi connectivity index (χ3v) is 9.90. The van der Waals surface area contributed by atoms with Crippen LogP contribution < -0.4 is 10.6 Å². The molecule has 2 N–H and O–H groups in total. The summed E-state index contributed by atoms with van der Waals surface area (Å²) in [7, 11) is 1.61. The van der Waals surface area contributed by atoms with Crippen molar-refractivity contribution in [1.82, 2.24) is 20.5 Å². The maximum absolute atomic E-state index is 13.8. The summed E-state index contributed by atoms with van der Waals surface area (Å²) >= 11 is 1.61. The van der Waals surface area contributed by atoms with Gasteiger partial charge in [-0.1, -0.05) is 45.8 Å². The average molecular weight is 581 g/mol. The highest BCUT2D eigenvalue weighted by atomic mass is 32.1. The highest BCUT2D eigenvalue weighted by Gasteiger charge is 2.30. The first kappa shape index (κ1) is 31.4. The van der Waals surface area contributed by atoms with Crippen molar-refractivity contribution in [2.75, 3.05) is 26.7 Å². The maximum atomic E-state index is 13.8. The minimum Gasteiger partial charge on any atom is -0.359 e. The SMILES string of the molecule is C=C(CN1CCCC1)C(=O)CC[C@@H](NC(=O)[C@@H](CC(=O)NC)Cc1nc2ccc(C(C)C)cc2s1)C1CCCCC1. The topological polar surface area (TPSA) is 91.4 Å². The van der Waals surface area contributed by atoms with Gasteiger partial charge in [0.2, 0.25) is 11.8 Å². The number of carbonyl (C=O) groups is 3. The van der Waals surface area contributed by atoms with Gasteiger partial charge in [0.15, 0.2) is 5.78 Å². The Morgan fingerprint density at radius 1 is 1.10 bits per heavy atom. The second kappa shape index (κ2) is 15.1. The number of aromatic nitrogens is 1. The maximum Gasteiger partial charge on any atom is 0.224 e. The average Bonchev–Trinajstić information content (AvgIpc) is 3.63. The van der Waals surface area contributed by atoms with E-state index >= 15 is 0 Å². The molecule has 1 aliphatic heterocycles. The van der Waals surface area contributed by atoms with Gasteiger partial charge in [0.25, 0.3) is 0 Å². The molecule has 2 heterocycles. The van der Waals surface area contributed by atoms with E-state index < -0.39 is 5.92 Å². The number of nitrogens with zero attached hydrogens (tertiary/aromatic N) is 2. The Labute approximate surface area is 249 Å². The molecule has 0 spiro atoms. The summed E-state index contributed by atoms with van der Waals surface area (Å²) in [5.41, 5.74) is 2.87. The molecule has 1 aliphatic carbocycles. The lowest BCUT2D eigenvalue weighted by atomic mass is 9.81. The van der Waals surface area contributed by atoms with Crippen molar-refractivity contribution in [2.45, 2.75) is 96.4 Å². The predicted molar refractivity (Wildman–Crippen MR) is 167 cm³/mol. The first-order chi connectivity index (χ1) is 19.7. The van der Waals surface area contributed by atoms with E-state index in [0.29, 0.717) is 43.2 Å². The van der Waals surface area contributed by atoms with E-state index in [1.165, 1.54) is 24.8 Å². The second-order valence-corrected chi connectivity index (χ2v) is 13.4. The Bertz CT molecular complexity index is 1210. The summed E-state index contributed by atoms with van der Waals surface area (Å²) in [5.74, 6) is 0.0874. The summed E-state index contributed by atoms with van der Waals surface area (Å²) in [6.45, 7) is 11.2. The molecular formula is C33H48N4O3S. The highest BCUT2D eigenvalue weighted by Crippen LogP contribution is 2.31. The van der Waals surface area contributed by atoms with Gasteiger partial charge in [0.05, 0.1) is 21.1 Å². The monoisotopic (exact) mass is 580 g/mol. The van der Waals surface area contributed by atoms with Gasteiger partial charge in [-0.05, 0) is 74.7 Å². The highest BCUT2D eigenvalue weighted by molar-refractivity contribution is 7.18. The van der Waals surface area contributed by atoms with E-state index in [1.54, 1.807) is 18.4 Å². The van der Waals surface area contributed by atoms with Crippen LogP contribution in [0.2, 0.25) is 0 Å². The van der Waals surface area contributed by atoms with E-state index in [2.05, 4.69) is 48.1 Å². The van der Waals surface area contributed by atoms with E-state index in [0.717, 1.165) is 54.0 Å². The quantitative estimate of drug-likeness (QED) is 0.277. The number of carbonyl (C=O) groups excluding carboxylic acids is 3. The van der Waals surface area contributed by atoms with E-state index in [4.69, 9.17) is 4.98 Å². The van der Waals surface area contributed by atoms with Crippen LogP contribution in [-0.2, 0) is 20.8 Å². The molecule has 0 radical (unpaired) electrons. The van der Waals surface area contributed by atoms with Crippen molar-refractivity contribution in [3.63, 3.8) is 0 Å². The van der Waals surface area contributed by atoms with Gasteiger partial charge in [0.1, 0.15) is 0 Å². The molecular weight excluding hydrogens is 532 g/mol. The Hall–Kier alpha value is -2.58. The second-order valence-electron chi connectivity index (χ2n) is 12.3. The van der Waals surface area contributed by atoms with Crippen molar-refractivity contribution in [3.05, 3.63) is 40.9 Å². The molecule has 2 aliphatic rings. The summed E-state index contributed by atoms with van der Waals surface area (Å²) in [6, 6.07) is 6.26. The molecule has 41 heavy (non-hydrogen) atoms. The standard InChI is InChI=1S/C33H48N4O3S/c1-22(2)25-12-13-28-30(18-25)41-32(35-28)20-26(19-31(39)34-4)33(40)36-27(24-10-6-5-7-11-24)14-15-29(38)23(3)21-37-16-8-9-17-37/h12-13,18,22,24,26-27H,3,5-11,14-17,19-21H2,1-2,4H3,(H,34,39)(H,36,40)/t26-,27+/m0/s1. The molecule has 7 nitrogen and oxygen atoms in total. The van der Waals surface area contributed by atoms with Crippen molar-refractivity contribution >= 4 is 39.2 Å². The van der Waals surface area contributed by atoms with Crippen LogP contribution in [0.25, 0.3) is 10.2 Å². The number of rotatable bonds is 14. The van der Waals surface area contributed by atoms with Crippen molar-refractivity contribution < 1.29 is 14.4 Å². The minimum absolute atomic E-state index is 0.0810. The number of hydrogen-bond acceptors (Lipinski definition) is 6. The largest absolute Gasteiger partial charge is 0.359 e. The van der Waals surface area contributed by atoms with Crippen molar-refractivity contribution in [2.24, 2.45) is 11.8 Å². The van der Waals surface area contributed by atoms with Gasteiger partial charge in [-0.25, -0.2) is 4.98 Å². The minimum atomic E-state index is -0.521. The number of benzene rings is 1. The van der Waals surface area contributed by atoms with Crippen LogP contribution in [0.5, 0.6) is 0 Å². The van der Waals surface area contributed by atoms with Crippen LogP contribution >= 0.6 is 11.3 Å². The van der Waals surface area contributed by atoms with E-state index in [9.17, 15) is 14.4 Å². The number of likely N-dealkylation sites (tertiary alicyclic amines) is 1. The molecule has 0 unspecified atom stereocenters. The lowest BCUT2D eigenvalue weighted by Crippen LogP contribution is -2.45. The summed E-state index contributed by atoms with van der Waals surface area (Å²) in [5, 5.41) is 6.88. The molecule has 8 heteroatoms. The van der Waals surface area contributed by atoms with Crippen LogP contribution in [0.1, 0.15) is 94.5 Å². The zero-order chi connectivity index (χ0) is 29.4. The Kier molecular flexibility index (Phi) is 11.5. The third kappa shape index (κ3) is 8.95. The molecule has 2 amide bonds. The summed E-state index contributed by atoms with van der Waals surface area (Å²) in [4.78, 5) is 46.4. The molecule has 2 aromatic rings. The Morgan fingerprint density at radius 3 is 2.51 bits per heavy atom. The molecule has 1 saturated carbocycles. The van der Waals surface area contributed by atoms with E-state index in [-0.39, 0.29) is 30.1 Å². The van der Waals surface area contributed by atoms with Crippen LogP contribution in [0, 0.1) is 11.8 Å².